The lowest BCUT2D eigenvalue weighted by Gasteiger charge is -2.31. The molecule has 0 aromatic heterocycles. The summed E-state index contributed by atoms with van der Waals surface area (Å²) in [6.45, 7) is 7.91. The van der Waals surface area contributed by atoms with Crippen molar-refractivity contribution in [1.82, 2.24) is 0 Å². The van der Waals surface area contributed by atoms with E-state index in [-0.39, 0.29) is 0 Å². The van der Waals surface area contributed by atoms with E-state index in [4.69, 9.17) is 4.74 Å². The van der Waals surface area contributed by atoms with Crippen molar-refractivity contribution >= 4 is 5.69 Å². The summed E-state index contributed by atoms with van der Waals surface area (Å²) >= 11 is 0. The number of nitrogens with zero attached hydrogens (tertiary/aromatic N) is 1. The lowest BCUT2D eigenvalue weighted by molar-refractivity contribution is 0.289. The van der Waals surface area contributed by atoms with Crippen LogP contribution in [0.3, 0.4) is 0 Å². The molecule has 0 radical (unpaired) electrons. The Labute approximate surface area is 114 Å². The van der Waals surface area contributed by atoms with Crippen molar-refractivity contribution in [2.45, 2.75) is 27.3 Å². The molecule has 19 heavy (non-hydrogen) atoms. The van der Waals surface area contributed by atoms with Crippen LogP contribution in [0.5, 0.6) is 5.75 Å². The molecular formula is C17H19NO. The molecule has 0 fully saturated rings. The van der Waals surface area contributed by atoms with Crippen molar-refractivity contribution in [2.75, 3.05) is 11.6 Å². The van der Waals surface area contributed by atoms with Gasteiger partial charge in [-0.05, 0) is 55.7 Å². The molecule has 0 atom stereocenters. The summed E-state index contributed by atoms with van der Waals surface area (Å²) < 4.78 is 5.88. The Morgan fingerprint density at radius 2 is 1.63 bits per heavy atom. The van der Waals surface area contributed by atoms with E-state index >= 15 is 0 Å². The highest BCUT2D eigenvalue weighted by molar-refractivity contribution is 5.53. The normalized spacial score (nSPS) is 13.9. The smallest absolute Gasteiger partial charge is 0.161 e. The van der Waals surface area contributed by atoms with Crippen LogP contribution >= 0.6 is 0 Å². The Bertz CT molecular complexity index is 598. The minimum atomic E-state index is 0.624. The van der Waals surface area contributed by atoms with Gasteiger partial charge < -0.3 is 9.64 Å². The molecule has 0 amide bonds. The van der Waals surface area contributed by atoms with Crippen molar-refractivity contribution < 1.29 is 4.74 Å². The average Bonchev–Trinajstić information content (AvgIpc) is 2.37. The third-order valence-corrected chi connectivity index (χ3v) is 3.53. The van der Waals surface area contributed by atoms with Crippen LogP contribution in [0.25, 0.3) is 0 Å². The molecule has 98 valence electrons. The zero-order chi connectivity index (χ0) is 13.4. The van der Waals surface area contributed by atoms with Gasteiger partial charge in [0.15, 0.2) is 6.73 Å². The number of hydrogen-bond donors (Lipinski definition) is 0. The van der Waals surface area contributed by atoms with Crippen molar-refractivity contribution in [1.29, 1.82) is 0 Å². The summed E-state index contributed by atoms with van der Waals surface area (Å²) in [5.41, 5.74) is 6.34. The number of benzene rings is 2. The SMILES string of the molecule is Cc1cc(C)cc(N2COc3cc(C)ccc3C2)c1. The van der Waals surface area contributed by atoms with Gasteiger partial charge in [-0.3, -0.25) is 0 Å². The molecule has 2 nitrogen and oxygen atoms in total. The molecule has 2 heteroatoms. The van der Waals surface area contributed by atoms with E-state index in [0.717, 1.165) is 12.3 Å². The van der Waals surface area contributed by atoms with Crippen LogP contribution in [0.1, 0.15) is 22.3 Å². The first kappa shape index (κ1) is 12.1. The molecule has 2 aromatic rings. The van der Waals surface area contributed by atoms with Crippen LogP contribution in [0.2, 0.25) is 0 Å². The Balaban J connectivity index is 1.91. The summed E-state index contributed by atoms with van der Waals surface area (Å²) in [7, 11) is 0. The van der Waals surface area contributed by atoms with Gasteiger partial charge in [-0.15, -0.1) is 0 Å². The van der Waals surface area contributed by atoms with E-state index in [9.17, 15) is 0 Å². The van der Waals surface area contributed by atoms with Gasteiger partial charge in [0.2, 0.25) is 0 Å². The fraction of sp³-hybridized carbons (Fsp3) is 0.294. The quantitative estimate of drug-likeness (QED) is 0.762. The molecular weight excluding hydrogens is 234 g/mol. The van der Waals surface area contributed by atoms with Crippen molar-refractivity contribution in [3.63, 3.8) is 0 Å². The zero-order valence-electron chi connectivity index (χ0n) is 11.7. The topological polar surface area (TPSA) is 12.5 Å². The maximum Gasteiger partial charge on any atom is 0.161 e. The maximum atomic E-state index is 5.88. The monoisotopic (exact) mass is 253 g/mol. The fourth-order valence-electron chi connectivity index (χ4n) is 2.62. The van der Waals surface area contributed by atoms with Crippen molar-refractivity contribution in [3.05, 3.63) is 58.7 Å². The van der Waals surface area contributed by atoms with Gasteiger partial charge in [-0.25, -0.2) is 0 Å². The first-order chi connectivity index (χ1) is 9.11. The number of rotatable bonds is 1. The Morgan fingerprint density at radius 1 is 0.895 bits per heavy atom. The van der Waals surface area contributed by atoms with Crippen LogP contribution in [0.4, 0.5) is 5.69 Å². The second-order valence-electron chi connectivity index (χ2n) is 5.43. The first-order valence-corrected chi connectivity index (χ1v) is 6.67. The lowest BCUT2D eigenvalue weighted by atomic mass is 10.1. The molecule has 1 heterocycles. The highest BCUT2D eigenvalue weighted by atomic mass is 16.5. The summed E-state index contributed by atoms with van der Waals surface area (Å²) in [5.74, 6) is 1.03. The van der Waals surface area contributed by atoms with E-state index < -0.39 is 0 Å². The van der Waals surface area contributed by atoms with E-state index in [0.29, 0.717) is 6.73 Å². The molecule has 2 aromatic carbocycles. The average molecular weight is 253 g/mol. The highest BCUT2D eigenvalue weighted by Crippen LogP contribution is 2.29. The third kappa shape index (κ3) is 2.43. The van der Waals surface area contributed by atoms with E-state index in [2.05, 4.69) is 62.1 Å². The van der Waals surface area contributed by atoms with Gasteiger partial charge in [-0.1, -0.05) is 18.2 Å². The Kier molecular flexibility index (Phi) is 2.94. The molecule has 1 aliphatic rings. The number of aryl methyl sites for hydroxylation is 3. The number of fused-ring (bicyclic) bond motifs is 1. The zero-order valence-corrected chi connectivity index (χ0v) is 11.7. The minimum absolute atomic E-state index is 0.624. The van der Waals surface area contributed by atoms with Gasteiger partial charge in [0.05, 0.1) is 0 Å². The van der Waals surface area contributed by atoms with Gasteiger partial charge in [0, 0.05) is 17.8 Å². The molecule has 3 rings (SSSR count). The second kappa shape index (κ2) is 4.61. The van der Waals surface area contributed by atoms with Crippen LogP contribution < -0.4 is 9.64 Å². The molecule has 0 bridgehead atoms. The van der Waals surface area contributed by atoms with Gasteiger partial charge in [-0.2, -0.15) is 0 Å². The minimum Gasteiger partial charge on any atom is -0.473 e. The first-order valence-electron chi connectivity index (χ1n) is 6.67. The summed E-state index contributed by atoms with van der Waals surface area (Å²) in [5, 5.41) is 0. The summed E-state index contributed by atoms with van der Waals surface area (Å²) in [6.07, 6.45) is 0. The predicted octanol–water partition coefficient (Wildman–Crippen LogP) is 3.97. The van der Waals surface area contributed by atoms with Crippen molar-refractivity contribution in [2.24, 2.45) is 0 Å². The van der Waals surface area contributed by atoms with E-state index in [1.165, 1.54) is 27.9 Å². The predicted molar refractivity (Wildman–Crippen MR) is 78.8 cm³/mol. The molecule has 0 spiro atoms. The fourth-order valence-corrected chi connectivity index (χ4v) is 2.62. The molecule has 0 saturated carbocycles. The van der Waals surface area contributed by atoms with Crippen LogP contribution in [0, 0.1) is 20.8 Å². The summed E-state index contributed by atoms with van der Waals surface area (Å²) in [6, 6.07) is 13.1. The van der Waals surface area contributed by atoms with Gasteiger partial charge in [0.25, 0.3) is 0 Å². The standard InChI is InChI=1S/C17H19NO/c1-12-4-5-15-10-18(11-19-17(15)9-12)16-7-13(2)6-14(3)8-16/h4-9H,10-11H2,1-3H3. The lowest BCUT2D eigenvalue weighted by Crippen LogP contribution is -2.31. The van der Waals surface area contributed by atoms with Crippen LogP contribution in [0.15, 0.2) is 36.4 Å². The summed E-state index contributed by atoms with van der Waals surface area (Å²) in [4.78, 5) is 2.28. The molecule has 0 unspecified atom stereocenters. The largest absolute Gasteiger partial charge is 0.473 e. The second-order valence-corrected chi connectivity index (χ2v) is 5.43. The Hall–Kier alpha value is -1.96. The molecule has 0 aliphatic carbocycles. The molecule has 0 saturated heterocycles. The Morgan fingerprint density at radius 3 is 2.37 bits per heavy atom. The maximum absolute atomic E-state index is 5.88. The number of ether oxygens (including phenoxy) is 1. The van der Waals surface area contributed by atoms with Gasteiger partial charge >= 0.3 is 0 Å². The van der Waals surface area contributed by atoms with E-state index in [1.807, 2.05) is 0 Å². The van der Waals surface area contributed by atoms with Crippen LogP contribution in [-0.4, -0.2) is 6.73 Å². The number of hydrogen-bond acceptors (Lipinski definition) is 2. The van der Waals surface area contributed by atoms with E-state index in [1.54, 1.807) is 0 Å². The van der Waals surface area contributed by atoms with Crippen LogP contribution in [-0.2, 0) is 6.54 Å². The third-order valence-electron chi connectivity index (χ3n) is 3.53. The number of anilines is 1. The molecule has 1 aliphatic heterocycles. The van der Waals surface area contributed by atoms with Gasteiger partial charge in [0.1, 0.15) is 5.75 Å². The molecule has 0 N–H and O–H groups in total. The highest BCUT2D eigenvalue weighted by Gasteiger charge is 2.17. The van der Waals surface area contributed by atoms with Crippen molar-refractivity contribution in [3.8, 4) is 5.75 Å².